The second-order valence-corrected chi connectivity index (χ2v) is 7.19. The van der Waals surface area contributed by atoms with Gasteiger partial charge in [-0.3, -0.25) is 0 Å². The van der Waals surface area contributed by atoms with Crippen molar-refractivity contribution in [1.82, 2.24) is 10.3 Å². The normalized spacial score (nSPS) is 19.2. The van der Waals surface area contributed by atoms with Crippen molar-refractivity contribution >= 4 is 16.5 Å². The molecular formula is C16H29N3S. The number of nitrogens with zero attached hydrogens (tertiary/aromatic N) is 2. The highest BCUT2D eigenvalue weighted by molar-refractivity contribution is 7.15. The van der Waals surface area contributed by atoms with Gasteiger partial charge in [0.15, 0.2) is 5.13 Å². The Morgan fingerprint density at radius 1 is 1.40 bits per heavy atom. The van der Waals surface area contributed by atoms with Crippen LogP contribution >= 0.6 is 11.3 Å². The third kappa shape index (κ3) is 3.73. The molecule has 20 heavy (non-hydrogen) atoms. The smallest absolute Gasteiger partial charge is 0.185 e. The van der Waals surface area contributed by atoms with E-state index in [4.69, 9.17) is 4.98 Å². The monoisotopic (exact) mass is 295 g/mol. The first-order chi connectivity index (χ1) is 9.65. The van der Waals surface area contributed by atoms with E-state index >= 15 is 0 Å². The maximum atomic E-state index is 4.94. The third-order valence-electron chi connectivity index (χ3n) is 4.05. The van der Waals surface area contributed by atoms with Gasteiger partial charge in [0.25, 0.3) is 0 Å². The van der Waals surface area contributed by atoms with Crippen molar-refractivity contribution in [2.75, 3.05) is 24.5 Å². The molecule has 1 fully saturated rings. The summed E-state index contributed by atoms with van der Waals surface area (Å²) < 4.78 is 0. The lowest BCUT2D eigenvalue weighted by molar-refractivity contribution is 0.529. The highest BCUT2D eigenvalue weighted by Gasteiger charge is 2.25. The van der Waals surface area contributed by atoms with Crippen molar-refractivity contribution in [3.63, 3.8) is 0 Å². The van der Waals surface area contributed by atoms with Crippen molar-refractivity contribution in [2.45, 2.75) is 59.4 Å². The maximum Gasteiger partial charge on any atom is 0.185 e. The lowest BCUT2D eigenvalue weighted by atomic mass is 10.0. The molecule has 1 aliphatic rings. The molecule has 0 bridgehead atoms. The topological polar surface area (TPSA) is 28.2 Å². The Morgan fingerprint density at radius 3 is 2.85 bits per heavy atom. The van der Waals surface area contributed by atoms with Gasteiger partial charge >= 0.3 is 0 Å². The lowest BCUT2D eigenvalue weighted by Crippen LogP contribution is -2.19. The molecule has 0 spiro atoms. The van der Waals surface area contributed by atoms with Gasteiger partial charge in [-0.25, -0.2) is 4.98 Å². The van der Waals surface area contributed by atoms with E-state index < -0.39 is 0 Å². The highest BCUT2D eigenvalue weighted by atomic mass is 32.1. The van der Waals surface area contributed by atoms with E-state index in [0.29, 0.717) is 5.92 Å². The van der Waals surface area contributed by atoms with E-state index in [-0.39, 0.29) is 0 Å². The van der Waals surface area contributed by atoms with E-state index in [0.717, 1.165) is 19.0 Å². The van der Waals surface area contributed by atoms with E-state index in [1.54, 1.807) is 0 Å². The van der Waals surface area contributed by atoms with Crippen molar-refractivity contribution in [3.8, 4) is 0 Å². The first-order valence-electron chi connectivity index (χ1n) is 8.10. The Kier molecular flexibility index (Phi) is 5.85. The van der Waals surface area contributed by atoms with Crippen molar-refractivity contribution in [2.24, 2.45) is 5.92 Å². The average Bonchev–Trinajstić information content (AvgIpc) is 3.03. The first-order valence-corrected chi connectivity index (χ1v) is 8.92. The van der Waals surface area contributed by atoms with Crippen LogP contribution in [0.2, 0.25) is 0 Å². The summed E-state index contributed by atoms with van der Waals surface area (Å²) in [7, 11) is 0. The Hall–Kier alpha value is -0.610. The average molecular weight is 295 g/mol. The zero-order valence-corrected chi connectivity index (χ0v) is 14.2. The van der Waals surface area contributed by atoms with Crippen LogP contribution in [0.25, 0.3) is 0 Å². The van der Waals surface area contributed by atoms with Gasteiger partial charge in [-0.2, -0.15) is 0 Å². The molecule has 0 saturated carbocycles. The summed E-state index contributed by atoms with van der Waals surface area (Å²) in [5.41, 5.74) is 1.30. The number of rotatable bonds is 7. The van der Waals surface area contributed by atoms with Crippen LogP contribution in [0.4, 0.5) is 5.13 Å². The van der Waals surface area contributed by atoms with Gasteiger partial charge in [0, 0.05) is 24.5 Å². The molecule has 1 aromatic heterocycles. The Balaban J connectivity index is 2.08. The summed E-state index contributed by atoms with van der Waals surface area (Å²) in [5.74, 6) is 1.39. The zero-order chi connectivity index (χ0) is 14.5. The van der Waals surface area contributed by atoms with E-state index in [1.807, 2.05) is 11.3 Å². The van der Waals surface area contributed by atoms with Crippen LogP contribution in [0.15, 0.2) is 0 Å². The van der Waals surface area contributed by atoms with Crippen LogP contribution in [0.5, 0.6) is 0 Å². The summed E-state index contributed by atoms with van der Waals surface area (Å²) in [5, 5.41) is 4.69. The molecule has 0 aromatic carbocycles. The summed E-state index contributed by atoms with van der Waals surface area (Å²) in [4.78, 5) is 8.88. The summed E-state index contributed by atoms with van der Waals surface area (Å²) in [6.07, 6.45) is 4.01. The zero-order valence-electron chi connectivity index (χ0n) is 13.4. The molecule has 1 atom stereocenters. The molecular weight excluding hydrogens is 266 g/mol. The lowest BCUT2D eigenvalue weighted by Gasteiger charge is -2.14. The second-order valence-electron chi connectivity index (χ2n) is 6.13. The number of thiazole rings is 1. The standard InChI is InChI=1S/C16H29N3S/c1-5-7-13-8-9-19(11-13)16-18-15(12(3)4)14(20-16)10-17-6-2/h12-13,17H,5-11H2,1-4H3. The molecule has 2 heterocycles. The number of anilines is 1. The Labute approximate surface area is 127 Å². The number of hydrogen-bond donors (Lipinski definition) is 1. The summed E-state index contributed by atoms with van der Waals surface area (Å²) >= 11 is 1.90. The number of hydrogen-bond acceptors (Lipinski definition) is 4. The van der Waals surface area contributed by atoms with Crippen LogP contribution in [0.3, 0.4) is 0 Å². The fraction of sp³-hybridized carbons (Fsp3) is 0.812. The predicted octanol–water partition coefficient (Wildman–Crippen LogP) is 4.00. The fourth-order valence-corrected chi connectivity index (χ4v) is 4.17. The molecule has 0 radical (unpaired) electrons. The predicted molar refractivity (Wildman–Crippen MR) is 88.8 cm³/mol. The van der Waals surface area contributed by atoms with Crippen LogP contribution in [-0.2, 0) is 6.54 Å². The Bertz CT molecular complexity index is 414. The molecule has 1 aliphatic heterocycles. The Morgan fingerprint density at radius 2 is 2.20 bits per heavy atom. The fourth-order valence-electron chi connectivity index (χ4n) is 2.95. The molecule has 2 rings (SSSR count). The largest absolute Gasteiger partial charge is 0.348 e. The number of aromatic nitrogens is 1. The van der Waals surface area contributed by atoms with Gasteiger partial charge in [-0.1, -0.05) is 34.1 Å². The summed E-state index contributed by atoms with van der Waals surface area (Å²) in [6, 6.07) is 0. The molecule has 3 nitrogen and oxygen atoms in total. The van der Waals surface area contributed by atoms with Crippen molar-refractivity contribution < 1.29 is 0 Å². The van der Waals surface area contributed by atoms with Gasteiger partial charge in [0.1, 0.15) is 0 Å². The third-order valence-corrected chi connectivity index (χ3v) is 5.18. The highest BCUT2D eigenvalue weighted by Crippen LogP contribution is 2.34. The van der Waals surface area contributed by atoms with Crippen LogP contribution in [-0.4, -0.2) is 24.6 Å². The molecule has 1 N–H and O–H groups in total. The van der Waals surface area contributed by atoms with Gasteiger partial charge in [0.2, 0.25) is 0 Å². The first kappa shape index (κ1) is 15.8. The summed E-state index contributed by atoms with van der Waals surface area (Å²) in [6.45, 7) is 13.3. The molecule has 0 amide bonds. The van der Waals surface area contributed by atoms with Crippen LogP contribution < -0.4 is 10.2 Å². The SMILES string of the molecule is CCCC1CCN(c2nc(C(C)C)c(CNCC)s2)C1. The van der Waals surface area contributed by atoms with E-state index in [9.17, 15) is 0 Å². The molecule has 1 aromatic rings. The van der Waals surface area contributed by atoms with Gasteiger partial charge in [-0.15, -0.1) is 11.3 Å². The van der Waals surface area contributed by atoms with Crippen LogP contribution in [0, 0.1) is 5.92 Å². The second kappa shape index (κ2) is 7.41. The van der Waals surface area contributed by atoms with Gasteiger partial charge < -0.3 is 10.2 Å². The molecule has 4 heteroatoms. The maximum absolute atomic E-state index is 4.94. The minimum atomic E-state index is 0.516. The molecule has 114 valence electrons. The minimum absolute atomic E-state index is 0.516. The minimum Gasteiger partial charge on any atom is -0.348 e. The van der Waals surface area contributed by atoms with Gasteiger partial charge in [-0.05, 0) is 31.2 Å². The molecule has 1 unspecified atom stereocenters. The molecule has 0 aliphatic carbocycles. The molecule has 1 saturated heterocycles. The van der Waals surface area contributed by atoms with Gasteiger partial charge in [0.05, 0.1) is 5.69 Å². The van der Waals surface area contributed by atoms with E-state index in [2.05, 4.69) is 37.9 Å². The van der Waals surface area contributed by atoms with Crippen molar-refractivity contribution in [3.05, 3.63) is 10.6 Å². The number of nitrogens with one attached hydrogen (secondary N) is 1. The quantitative estimate of drug-likeness (QED) is 0.824. The van der Waals surface area contributed by atoms with Crippen molar-refractivity contribution in [1.29, 1.82) is 0 Å². The van der Waals surface area contributed by atoms with Crippen LogP contribution in [0.1, 0.15) is 63.4 Å². The van der Waals surface area contributed by atoms with E-state index in [1.165, 1.54) is 48.1 Å².